The molecule has 0 atom stereocenters. The Morgan fingerprint density at radius 2 is 1.31 bits per heavy atom. The molecule has 0 amide bonds. The minimum atomic E-state index is -1.86. The summed E-state index contributed by atoms with van der Waals surface area (Å²) in [6.45, 7) is 2.28. The third-order valence-electron chi connectivity index (χ3n) is 2.27. The third kappa shape index (κ3) is 13.0. The minimum absolute atomic E-state index is 1.36. The van der Waals surface area contributed by atoms with Crippen LogP contribution < -0.4 is 0 Å². The van der Waals surface area contributed by atoms with Crippen molar-refractivity contribution in [3.8, 4) is 0 Å². The number of rotatable bonds is 7. The molecule has 0 saturated carbocycles. The van der Waals surface area contributed by atoms with Gasteiger partial charge in [-0.3, -0.25) is 0 Å². The molecule has 0 aliphatic carbocycles. The Labute approximate surface area is 92.1 Å². The molecule has 82 valence electrons. The van der Waals surface area contributed by atoms with Crippen LogP contribution in [-0.2, 0) is 0 Å². The summed E-state index contributed by atoms with van der Waals surface area (Å²) in [5.41, 5.74) is 7.35. The first-order chi connectivity index (χ1) is 5.81. The summed E-state index contributed by atoms with van der Waals surface area (Å²) in [6, 6.07) is 0. The summed E-state index contributed by atoms with van der Waals surface area (Å²) in [7, 11) is -1.86. The van der Waals surface area contributed by atoms with Crippen LogP contribution in [0.15, 0.2) is 0 Å². The maximum atomic E-state index is 3.94. The Bertz CT molecular complexity index is 126. The van der Waals surface area contributed by atoms with Gasteiger partial charge in [-0.25, -0.2) is 0 Å². The van der Waals surface area contributed by atoms with Gasteiger partial charge in [0.05, 0.1) is 0 Å². The molecule has 0 aromatic heterocycles. The van der Waals surface area contributed by atoms with Crippen molar-refractivity contribution in [2.24, 2.45) is 0 Å². The van der Waals surface area contributed by atoms with Gasteiger partial charge in [-0.15, -0.1) is 0 Å². The molecule has 0 aliphatic rings. The first-order valence-corrected chi connectivity index (χ1v) is 16.9. The molecule has 0 fully saturated rings. The number of halogens is 1. The van der Waals surface area contributed by atoms with Crippen LogP contribution in [0.1, 0.15) is 45.4 Å². The van der Waals surface area contributed by atoms with Crippen LogP contribution in [0.4, 0.5) is 0 Å². The molecule has 13 heavy (non-hydrogen) atoms. The van der Waals surface area contributed by atoms with Crippen molar-refractivity contribution in [2.75, 3.05) is 0 Å². The summed E-state index contributed by atoms with van der Waals surface area (Å²) in [6.07, 6.45) is 8.54. The second kappa shape index (κ2) is 5.81. The summed E-state index contributed by atoms with van der Waals surface area (Å²) in [4.78, 5) is 0. The van der Waals surface area contributed by atoms with Gasteiger partial charge in [0.2, 0.25) is 0 Å². The molecular formula is C11H26AsBr. The molecule has 0 spiro atoms. The van der Waals surface area contributed by atoms with E-state index in [-0.39, 0.29) is 0 Å². The van der Waals surface area contributed by atoms with E-state index >= 15 is 0 Å². The molecule has 0 N–H and O–H groups in total. The molecule has 0 nitrogen and oxygen atoms in total. The standard InChI is InChI=1S/C11H26AsBr/c1-5-6-7-8-9-10-11-12(2,3,4)13/h5-11H2,1-4H3. The van der Waals surface area contributed by atoms with Crippen LogP contribution in [-0.4, -0.2) is 10.6 Å². The van der Waals surface area contributed by atoms with Gasteiger partial charge in [0.15, 0.2) is 0 Å². The normalized spacial score (nSPS) is 15.3. The molecule has 0 aliphatic heterocycles. The Morgan fingerprint density at radius 3 is 1.77 bits per heavy atom. The number of hydrogen-bond donors (Lipinski definition) is 0. The number of hydrogen-bond acceptors (Lipinski definition) is 0. The molecule has 0 saturated heterocycles. The monoisotopic (exact) mass is 312 g/mol. The Hall–Kier alpha value is 1.04. The van der Waals surface area contributed by atoms with E-state index in [1.165, 1.54) is 43.7 Å². The van der Waals surface area contributed by atoms with Gasteiger partial charge < -0.3 is 0 Å². The SMILES string of the molecule is CCCCCCCC[As](C)(C)(C)Br. The van der Waals surface area contributed by atoms with Gasteiger partial charge in [-0.05, 0) is 0 Å². The predicted molar refractivity (Wildman–Crippen MR) is 70.5 cm³/mol. The van der Waals surface area contributed by atoms with Crippen molar-refractivity contribution >= 4 is 24.5 Å². The predicted octanol–water partition coefficient (Wildman–Crippen LogP) is 5.53. The van der Waals surface area contributed by atoms with Crippen LogP contribution in [0.5, 0.6) is 0 Å². The molecule has 0 bridgehead atoms. The van der Waals surface area contributed by atoms with Crippen molar-refractivity contribution in [1.29, 1.82) is 0 Å². The van der Waals surface area contributed by atoms with Crippen LogP contribution in [0, 0.1) is 0 Å². The maximum absolute atomic E-state index is 3.94. The average Bonchev–Trinajstić information content (AvgIpc) is 1.93. The van der Waals surface area contributed by atoms with Crippen molar-refractivity contribution in [2.45, 2.75) is 67.8 Å². The van der Waals surface area contributed by atoms with E-state index in [4.69, 9.17) is 0 Å². The van der Waals surface area contributed by atoms with Gasteiger partial charge in [0.1, 0.15) is 0 Å². The van der Waals surface area contributed by atoms with E-state index in [1.807, 2.05) is 0 Å². The zero-order valence-corrected chi connectivity index (χ0v) is 13.2. The first-order valence-electron chi connectivity index (χ1n) is 5.53. The Morgan fingerprint density at radius 1 is 0.846 bits per heavy atom. The molecule has 2 heteroatoms. The van der Waals surface area contributed by atoms with Gasteiger partial charge in [-0.2, -0.15) is 0 Å². The molecule has 0 heterocycles. The van der Waals surface area contributed by atoms with Gasteiger partial charge in [0, 0.05) is 0 Å². The zero-order valence-electron chi connectivity index (χ0n) is 9.77. The third-order valence-corrected chi connectivity index (χ3v) is 7.94. The molecule has 0 radical (unpaired) electrons. The Balaban J connectivity index is 3.27. The molecule has 0 unspecified atom stereocenters. The fourth-order valence-electron chi connectivity index (χ4n) is 1.43. The average molecular weight is 313 g/mol. The van der Waals surface area contributed by atoms with E-state index < -0.39 is 10.6 Å². The van der Waals surface area contributed by atoms with Crippen LogP contribution in [0.25, 0.3) is 0 Å². The van der Waals surface area contributed by atoms with Gasteiger partial charge in [-0.1, -0.05) is 0 Å². The van der Waals surface area contributed by atoms with Crippen molar-refractivity contribution in [1.82, 2.24) is 0 Å². The van der Waals surface area contributed by atoms with Crippen LogP contribution in [0.3, 0.4) is 0 Å². The van der Waals surface area contributed by atoms with Gasteiger partial charge in [0.25, 0.3) is 0 Å². The summed E-state index contributed by atoms with van der Waals surface area (Å²) >= 11 is 3.94. The molecule has 0 rings (SSSR count). The summed E-state index contributed by atoms with van der Waals surface area (Å²) < 4.78 is 0. The second-order valence-corrected chi connectivity index (χ2v) is 32.2. The van der Waals surface area contributed by atoms with Crippen molar-refractivity contribution < 1.29 is 0 Å². The molecule has 0 aromatic rings. The first kappa shape index (κ1) is 14.0. The van der Waals surface area contributed by atoms with Crippen molar-refractivity contribution in [3.63, 3.8) is 0 Å². The second-order valence-electron chi connectivity index (χ2n) is 5.41. The van der Waals surface area contributed by atoms with Crippen LogP contribution in [0.2, 0.25) is 22.3 Å². The number of unbranched alkanes of at least 4 members (excludes halogenated alkanes) is 5. The fourth-order valence-corrected chi connectivity index (χ4v) is 5.44. The van der Waals surface area contributed by atoms with E-state index in [0.717, 1.165) is 0 Å². The van der Waals surface area contributed by atoms with E-state index in [2.05, 4.69) is 38.0 Å². The summed E-state index contributed by atoms with van der Waals surface area (Å²) in [5.74, 6) is 0. The van der Waals surface area contributed by atoms with Crippen molar-refractivity contribution in [3.05, 3.63) is 0 Å². The van der Waals surface area contributed by atoms with E-state index in [0.29, 0.717) is 0 Å². The summed E-state index contributed by atoms with van der Waals surface area (Å²) in [5, 5.41) is 1.45. The van der Waals surface area contributed by atoms with Gasteiger partial charge >= 0.3 is 92.3 Å². The fraction of sp³-hybridized carbons (Fsp3) is 1.00. The quantitative estimate of drug-likeness (QED) is 0.428. The Kier molecular flexibility index (Phi) is 6.27. The zero-order chi connectivity index (χ0) is 10.4. The topological polar surface area (TPSA) is 0 Å². The molecular weight excluding hydrogens is 287 g/mol. The molecule has 0 aromatic carbocycles. The van der Waals surface area contributed by atoms with Crippen LogP contribution >= 0.6 is 13.9 Å². The van der Waals surface area contributed by atoms with E-state index in [1.54, 1.807) is 0 Å². The van der Waals surface area contributed by atoms with E-state index in [9.17, 15) is 0 Å².